The summed E-state index contributed by atoms with van der Waals surface area (Å²) in [6.45, 7) is 7.86. The first-order valence-corrected chi connectivity index (χ1v) is 12.9. The fourth-order valence-electron chi connectivity index (χ4n) is 4.27. The van der Waals surface area contributed by atoms with Crippen LogP contribution in [0, 0.1) is 0 Å². The summed E-state index contributed by atoms with van der Waals surface area (Å²) in [5, 5.41) is 3.15. The van der Waals surface area contributed by atoms with Crippen LogP contribution in [0.5, 0.6) is 0 Å². The molecule has 0 unspecified atom stereocenters. The van der Waals surface area contributed by atoms with Crippen molar-refractivity contribution in [2.75, 3.05) is 32.7 Å². The van der Waals surface area contributed by atoms with E-state index >= 15 is 0 Å². The van der Waals surface area contributed by atoms with E-state index < -0.39 is 10.0 Å². The topological polar surface area (TPSA) is 69.7 Å². The lowest BCUT2D eigenvalue weighted by Crippen LogP contribution is -2.53. The van der Waals surface area contributed by atoms with Gasteiger partial charge in [-0.2, -0.15) is 4.31 Å². The summed E-state index contributed by atoms with van der Waals surface area (Å²) < 4.78 is 27.8. The maximum Gasteiger partial charge on any atom is 0.251 e. The molecule has 30 heavy (non-hydrogen) atoms. The summed E-state index contributed by atoms with van der Waals surface area (Å²) in [6, 6.07) is 4.52. The molecule has 6 nitrogen and oxygen atoms in total. The van der Waals surface area contributed by atoms with Crippen molar-refractivity contribution in [2.24, 2.45) is 0 Å². The first-order chi connectivity index (χ1) is 14.2. The van der Waals surface area contributed by atoms with Crippen LogP contribution in [0.3, 0.4) is 0 Å². The van der Waals surface area contributed by atoms with Gasteiger partial charge >= 0.3 is 0 Å². The van der Waals surface area contributed by atoms with Crippen LogP contribution >= 0.6 is 11.6 Å². The Labute approximate surface area is 186 Å². The van der Waals surface area contributed by atoms with E-state index in [0.717, 1.165) is 38.8 Å². The van der Waals surface area contributed by atoms with Gasteiger partial charge in [0.2, 0.25) is 10.0 Å². The van der Waals surface area contributed by atoms with E-state index in [2.05, 4.69) is 24.1 Å². The van der Waals surface area contributed by atoms with E-state index in [9.17, 15) is 13.2 Å². The summed E-state index contributed by atoms with van der Waals surface area (Å²) >= 11 is 6.25. The maximum atomic E-state index is 13.2. The minimum Gasteiger partial charge on any atom is -0.350 e. The Morgan fingerprint density at radius 2 is 1.57 bits per heavy atom. The van der Waals surface area contributed by atoms with Gasteiger partial charge in [0.1, 0.15) is 4.90 Å². The fraction of sp³-hybridized carbons (Fsp3) is 0.682. The van der Waals surface area contributed by atoms with E-state index in [1.54, 1.807) is 6.07 Å². The molecule has 3 rings (SSSR count). The second kappa shape index (κ2) is 9.98. The van der Waals surface area contributed by atoms with Crippen molar-refractivity contribution in [1.29, 1.82) is 0 Å². The molecule has 0 saturated carbocycles. The summed E-state index contributed by atoms with van der Waals surface area (Å²) in [5.41, 5.74) is 0.172. The molecule has 2 fully saturated rings. The molecule has 2 saturated heterocycles. The smallest absolute Gasteiger partial charge is 0.251 e. The standard InChI is InChI=1S/C22H34ClN3O3S/c1-22(2,25-12-6-5-7-13-25)17-24-21(27)18-10-11-19(23)20(16-18)30(28,29)26-14-8-3-4-9-15-26/h10-11,16H,3-9,12-15,17H2,1-2H3,(H,24,27). The van der Waals surface area contributed by atoms with E-state index in [-0.39, 0.29) is 21.4 Å². The number of hydrogen-bond donors (Lipinski definition) is 1. The lowest BCUT2D eigenvalue weighted by Gasteiger charge is -2.41. The Kier molecular flexibility index (Phi) is 7.82. The molecule has 0 spiro atoms. The quantitative estimate of drug-likeness (QED) is 0.706. The lowest BCUT2D eigenvalue weighted by molar-refractivity contribution is 0.0797. The third-order valence-corrected chi connectivity index (χ3v) is 8.65. The molecule has 0 aliphatic carbocycles. The normalized spacial score (nSPS) is 20.0. The predicted octanol–water partition coefficient (Wildman–Crippen LogP) is 3.90. The van der Waals surface area contributed by atoms with Crippen molar-refractivity contribution in [3.63, 3.8) is 0 Å². The molecule has 0 radical (unpaired) electrons. The highest BCUT2D eigenvalue weighted by molar-refractivity contribution is 7.89. The number of carbonyl (C=O) groups excluding carboxylic acids is 1. The molecule has 0 aromatic heterocycles. The number of rotatable bonds is 6. The predicted molar refractivity (Wildman–Crippen MR) is 121 cm³/mol. The Morgan fingerprint density at radius 3 is 2.20 bits per heavy atom. The molecular weight excluding hydrogens is 422 g/mol. The highest BCUT2D eigenvalue weighted by atomic mass is 35.5. The Balaban J connectivity index is 1.73. The van der Waals surface area contributed by atoms with Gasteiger partial charge in [0.15, 0.2) is 0 Å². The number of nitrogens with zero attached hydrogens (tertiary/aromatic N) is 2. The van der Waals surface area contributed by atoms with Gasteiger partial charge in [-0.3, -0.25) is 9.69 Å². The van der Waals surface area contributed by atoms with Crippen molar-refractivity contribution in [3.05, 3.63) is 28.8 Å². The van der Waals surface area contributed by atoms with Gasteiger partial charge in [-0.25, -0.2) is 8.42 Å². The maximum absolute atomic E-state index is 13.2. The largest absolute Gasteiger partial charge is 0.350 e. The molecule has 1 aromatic rings. The van der Waals surface area contributed by atoms with Crippen LogP contribution in [0.15, 0.2) is 23.1 Å². The molecule has 0 atom stereocenters. The van der Waals surface area contributed by atoms with Crippen LogP contribution in [0.2, 0.25) is 5.02 Å². The van der Waals surface area contributed by atoms with Crippen LogP contribution in [0.1, 0.15) is 69.2 Å². The highest BCUT2D eigenvalue weighted by Crippen LogP contribution is 2.28. The number of halogens is 1. The summed E-state index contributed by atoms with van der Waals surface area (Å²) in [5.74, 6) is -0.274. The monoisotopic (exact) mass is 455 g/mol. The first kappa shape index (κ1) is 23.5. The molecule has 1 amide bonds. The van der Waals surface area contributed by atoms with Gasteiger partial charge in [0.05, 0.1) is 5.02 Å². The van der Waals surface area contributed by atoms with E-state index in [1.807, 2.05) is 0 Å². The van der Waals surface area contributed by atoms with Gasteiger partial charge in [0.25, 0.3) is 5.91 Å². The number of nitrogens with one attached hydrogen (secondary N) is 1. The molecule has 2 aliphatic heterocycles. The lowest BCUT2D eigenvalue weighted by atomic mass is 9.98. The highest BCUT2D eigenvalue weighted by Gasteiger charge is 2.30. The second-order valence-electron chi connectivity index (χ2n) is 9.01. The second-order valence-corrected chi connectivity index (χ2v) is 11.3. The first-order valence-electron chi connectivity index (χ1n) is 11.0. The Bertz CT molecular complexity index is 843. The molecule has 0 bridgehead atoms. The third-order valence-electron chi connectivity index (χ3n) is 6.27. The summed E-state index contributed by atoms with van der Waals surface area (Å²) in [4.78, 5) is 15.2. The van der Waals surface area contributed by atoms with Crippen LogP contribution in [-0.4, -0.2) is 61.8 Å². The molecule has 168 valence electrons. The van der Waals surface area contributed by atoms with Gasteiger partial charge < -0.3 is 5.32 Å². The van der Waals surface area contributed by atoms with Gasteiger partial charge in [0, 0.05) is 30.7 Å². The Hall–Kier alpha value is -1.15. The zero-order valence-electron chi connectivity index (χ0n) is 18.1. The van der Waals surface area contributed by atoms with Gasteiger partial charge in [-0.1, -0.05) is 30.9 Å². The van der Waals surface area contributed by atoms with Crippen molar-refractivity contribution in [3.8, 4) is 0 Å². The van der Waals surface area contributed by atoms with Gasteiger partial charge in [-0.15, -0.1) is 0 Å². The zero-order valence-corrected chi connectivity index (χ0v) is 19.7. The number of benzene rings is 1. The molecule has 2 heterocycles. The van der Waals surface area contributed by atoms with Crippen molar-refractivity contribution in [2.45, 2.75) is 69.2 Å². The number of amides is 1. The number of hydrogen-bond acceptors (Lipinski definition) is 4. The molecule has 8 heteroatoms. The summed E-state index contributed by atoms with van der Waals surface area (Å²) in [7, 11) is -3.72. The molecule has 2 aliphatic rings. The average Bonchev–Trinajstić information content (AvgIpc) is 3.03. The van der Waals surface area contributed by atoms with Crippen LogP contribution in [0.25, 0.3) is 0 Å². The van der Waals surface area contributed by atoms with Crippen molar-refractivity contribution >= 4 is 27.5 Å². The van der Waals surface area contributed by atoms with E-state index in [4.69, 9.17) is 11.6 Å². The van der Waals surface area contributed by atoms with E-state index in [0.29, 0.717) is 25.2 Å². The van der Waals surface area contributed by atoms with Crippen LogP contribution in [0.4, 0.5) is 0 Å². The third kappa shape index (κ3) is 5.55. The fourth-order valence-corrected chi connectivity index (χ4v) is 6.29. The number of sulfonamides is 1. The van der Waals surface area contributed by atoms with Crippen LogP contribution < -0.4 is 5.32 Å². The number of carbonyl (C=O) groups is 1. The minimum atomic E-state index is -3.72. The number of piperidine rings is 1. The molecular formula is C22H34ClN3O3S. The van der Waals surface area contributed by atoms with E-state index in [1.165, 1.54) is 35.7 Å². The zero-order chi connectivity index (χ0) is 21.8. The molecule has 1 aromatic carbocycles. The van der Waals surface area contributed by atoms with Crippen molar-refractivity contribution < 1.29 is 13.2 Å². The van der Waals surface area contributed by atoms with Gasteiger partial charge in [-0.05, 0) is 70.8 Å². The Morgan fingerprint density at radius 1 is 1.00 bits per heavy atom. The molecule has 1 N–H and O–H groups in total. The SMILES string of the molecule is CC(C)(CNC(=O)c1ccc(Cl)c(S(=O)(=O)N2CCCCCC2)c1)N1CCCCC1. The number of likely N-dealkylation sites (tertiary alicyclic amines) is 1. The van der Waals surface area contributed by atoms with Crippen LogP contribution in [-0.2, 0) is 10.0 Å². The van der Waals surface area contributed by atoms with Crippen molar-refractivity contribution in [1.82, 2.24) is 14.5 Å². The minimum absolute atomic E-state index is 0.0222. The summed E-state index contributed by atoms with van der Waals surface area (Å²) in [6.07, 6.45) is 7.41. The average molecular weight is 456 g/mol.